The van der Waals surface area contributed by atoms with Crippen molar-refractivity contribution in [1.82, 2.24) is 9.55 Å². The Kier molecular flexibility index (Phi) is 4.07. The fourth-order valence-corrected chi connectivity index (χ4v) is 2.73. The summed E-state index contributed by atoms with van der Waals surface area (Å²) in [6, 6.07) is 7.39. The zero-order valence-electron chi connectivity index (χ0n) is 12.5. The predicted octanol–water partition coefficient (Wildman–Crippen LogP) is 2.34. The van der Waals surface area contributed by atoms with Crippen LogP contribution in [0.4, 0.5) is 5.95 Å². The molecular formula is C16H18N4O2. The van der Waals surface area contributed by atoms with Gasteiger partial charge in [0.2, 0.25) is 11.9 Å². The Bertz CT molecular complexity index is 738. The maximum absolute atomic E-state index is 12.0. The van der Waals surface area contributed by atoms with E-state index in [0.717, 1.165) is 31.4 Å². The van der Waals surface area contributed by atoms with E-state index in [0.29, 0.717) is 23.4 Å². The quantitative estimate of drug-likeness (QED) is 0.939. The monoisotopic (exact) mass is 298 g/mol. The second kappa shape index (κ2) is 6.16. The molecule has 1 aliphatic heterocycles. The molecule has 0 saturated carbocycles. The van der Waals surface area contributed by atoms with E-state index in [2.05, 4.69) is 16.4 Å². The Hall–Kier alpha value is -2.39. The van der Waals surface area contributed by atoms with Gasteiger partial charge in [-0.25, -0.2) is 4.98 Å². The van der Waals surface area contributed by atoms with E-state index >= 15 is 0 Å². The average Bonchev–Trinajstić information content (AvgIpc) is 3.14. The van der Waals surface area contributed by atoms with Crippen LogP contribution in [0.1, 0.15) is 31.2 Å². The maximum atomic E-state index is 12.0. The molecule has 1 aliphatic rings. The Morgan fingerprint density at radius 3 is 3.18 bits per heavy atom. The number of rotatable bonds is 4. The van der Waals surface area contributed by atoms with Gasteiger partial charge in [-0.1, -0.05) is 0 Å². The van der Waals surface area contributed by atoms with Gasteiger partial charge in [0.1, 0.15) is 0 Å². The first-order valence-corrected chi connectivity index (χ1v) is 7.45. The number of nitrogens with one attached hydrogen (secondary N) is 1. The Labute approximate surface area is 128 Å². The van der Waals surface area contributed by atoms with Crippen LogP contribution in [-0.4, -0.2) is 28.2 Å². The molecule has 1 aromatic heterocycles. The minimum absolute atomic E-state index is 0.0607. The average molecular weight is 298 g/mol. The molecule has 2 aromatic rings. The maximum Gasteiger partial charge on any atom is 0.226 e. The number of carbonyl (C=O) groups excluding carboxylic acids is 1. The predicted molar refractivity (Wildman–Crippen MR) is 82.3 cm³/mol. The molecule has 0 bridgehead atoms. The van der Waals surface area contributed by atoms with E-state index < -0.39 is 0 Å². The molecular weight excluding hydrogens is 280 g/mol. The van der Waals surface area contributed by atoms with Crippen molar-refractivity contribution in [3.63, 3.8) is 0 Å². The molecule has 3 rings (SSSR count). The Morgan fingerprint density at radius 1 is 1.59 bits per heavy atom. The molecule has 1 amide bonds. The number of hydrogen-bond acceptors (Lipinski definition) is 4. The third-order valence-electron chi connectivity index (χ3n) is 3.98. The third-order valence-corrected chi connectivity index (χ3v) is 3.98. The van der Waals surface area contributed by atoms with Gasteiger partial charge in [-0.2, -0.15) is 5.26 Å². The molecule has 6 nitrogen and oxygen atoms in total. The van der Waals surface area contributed by atoms with Crippen molar-refractivity contribution >= 4 is 22.9 Å². The molecule has 1 saturated heterocycles. The van der Waals surface area contributed by atoms with Crippen LogP contribution < -0.4 is 5.32 Å². The van der Waals surface area contributed by atoms with Crippen molar-refractivity contribution < 1.29 is 9.53 Å². The number of benzene rings is 1. The fourth-order valence-electron chi connectivity index (χ4n) is 2.73. The van der Waals surface area contributed by atoms with Gasteiger partial charge in [-0.3, -0.25) is 10.1 Å². The van der Waals surface area contributed by atoms with Crippen LogP contribution in [0.5, 0.6) is 0 Å². The van der Waals surface area contributed by atoms with Gasteiger partial charge in [-0.15, -0.1) is 0 Å². The van der Waals surface area contributed by atoms with Crippen LogP contribution in [0.15, 0.2) is 18.2 Å². The summed E-state index contributed by atoms with van der Waals surface area (Å²) in [6.07, 6.45) is 3.50. The normalized spacial score (nSPS) is 17.5. The molecule has 0 spiro atoms. The van der Waals surface area contributed by atoms with Gasteiger partial charge >= 0.3 is 0 Å². The number of fused-ring (bicyclic) bond motifs is 1. The van der Waals surface area contributed by atoms with E-state index in [4.69, 9.17) is 10.00 Å². The SMILES string of the molecule is Cn1c(NC(=O)CCC2CCCO2)nc2cc(C#N)ccc21. The highest BCUT2D eigenvalue weighted by Crippen LogP contribution is 2.20. The number of hydrogen-bond donors (Lipinski definition) is 1. The number of aryl methyl sites for hydroxylation is 1. The molecule has 2 heterocycles. The van der Waals surface area contributed by atoms with Crippen molar-refractivity contribution in [2.24, 2.45) is 7.05 Å². The number of carbonyl (C=O) groups is 1. The molecule has 6 heteroatoms. The van der Waals surface area contributed by atoms with E-state index in [1.165, 1.54) is 0 Å². The standard InChI is InChI=1S/C16H18N4O2/c1-20-14-6-4-11(10-17)9-13(14)18-16(20)19-15(21)7-5-12-3-2-8-22-12/h4,6,9,12H,2-3,5,7-8H2,1H3,(H,18,19,21). The van der Waals surface area contributed by atoms with Crippen LogP contribution in [0.25, 0.3) is 11.0 Å². The van der Waals surface area contributed by atoms with E-state index in [-0.39, 0.29) is 12.0 Å². The first kappa shape index (κ1) is 14.5. The second-order valence-corrected chi connectivity index (χ2v) is 5.53. The van der Waals surface area contributed by atoms with Crippen LogP contribution in [0.2, 0.25) is 0 Å². The highest BCUT2D eigenvalue weighted by Gasteiger charge is 2.17. The lowest BCUT2D eigenvalue weighted by Gasteiger charge is -2.09. The summed E-state index contributed by atoms with van der Waals surface area (Å²) in [7, 11) is 1.84. The number of nitrogens with zero attached hydrogens (tertiary/aromatic N) is 3. The zero-order valence-corrected chi connectivity index (χ0v) is 12.5. The van der Waals surface area contributed by atoms with Crippen LogP contribution in [-0.2, 0) is 16.6 Å². The summed E-state index contributed by atoms with van der Waals surface area (Å²) >= 11 is 0. The van der Waals surface area contributed by atoms with E-state index in [1.807, 2.05) is 17.7 Å². The topological polar surface area (TPSA) is 79.9 Å². The molecule has 1 unspecified atom stereocenters. The summed E-state index contributed by atoms with van der Waals surface area (Å²) in [5, 5.41) is 11.8. The first-order chi connectivity index (χ1) is 10.7. The lowest BCUT2D eigenvalue weighted by molar-refractivity contribution is -0.116. The second-order valence-electron chi connectivity index (χ2n) is 5.53. The summed E-state index contributed by atoms with van der Waals surface area (Å²) in [5.74, 6) is 0.442. The van der Waals surface area contributed by atoms with Crippen molar-refractivity contribution in [2.75, 3.05) is 11.9 Å². The van der Waals surface area contributed by atoms with Gasteiger partial charge in [0.15, 0.2) is 0 Å². The number of nitriles is 1. The van der Waals surface area contributed by atoms with Crippen molar-refractivity contribution in [1.29, 1.82) is 5.26 Å². The molecule has 0 radical (unpaired) electrons. The van der Waals surface area contributed by atoms with E-state index in [9.17, 15) is 4.79 Å². The summed E-state index contributed by atoms with van der Waals surface area (Å²) < 4.78 is 7.34. The molecule has 1 fully saturated rings. The minimum atomic E-state index is -0.0607. The van der Waals surface area contributed by atoms with Crippen LogP contribution >= 0.6 is 0 Å². The highest BCUT2D eigenvalue weighted by molar-refractivity contribution is 5.91. The number of ether oxygens (including phenoxy) is 1. The van der Waals surface area contributed by atoms with Crippen LogP contribution in [0.3, 0.4) is 0 Å². The molecule has 1 N–H and O–H groups in total. The minimum Gasteiger partial charge on any atom is -0.378 e. The Morgan fingerprint density at radius 2 is 2.45 bits per heavy atom. The number of amides is 1. The van der Waals surface area contributed by atoms with Crippen molar-refractivity contribution in [2.45, 2.75) is 31.8 Å². The molecule has 22 heavy (non-hydrogen) atoms. The summed E-state index contributed by atoms with van der Waals surface area (Å²) in [4.78, 5) is 16.4. The third kappa shape index (κ3) is 2.95. The number of aromatic nitrogens is 2. The smallest absolute Gasteiger partial charge is 0.226 e. The number of anilines is 1. The molecule has 1 aromatic carbocycles. The highest BCUT2D eigenvalue weighted by atomic mass is 16.5. The van der Waals surface area contributed by atoms with Gasteiger partial charge in [-0.05, 0) is 37.5 Å². The van der Waals surface area contributed by atoms with Gasteiger partial charge < -0.3 is 9.30 Å². The molecule has 1 atom stereocenters. The van der Waals surface area contributed by atoms with Gasteiger partial charge in [0.05, 0.1) is 28.8 Å². The first-order valence-electron chi connectivity index (χ1n) is 7.45. The fraction of sp³-hybridized carbons (Fsp3) is 0.438. The van der Waals surface area contributed by atoms with Crippen molar-refractivity contribution in [3.05, 3.63) is 23.8 Å². The van der Waals surface area contributed by atoms with E-state index in [1.54, 1.807) is 12.1 Å². The van der Waals surface area contributed by atoms with Crippen molar-refractivity contribution in [3.8, 4) is 6.07 Å². The molecule has 114 valence electrons. The summed E-state index contributed by atoms with van der Waals surface area (Å²) in [5.41, 5.74) is 2.14. The Balaban J connectivity index is 1.69. The number of imidazole rings is 1. The lowest BCUT2D eigenvalue weighted by Crippen LogP contribution is -2.17. The molecule has 0 aliphatic carbocycles. The van der Waals surface area contributed by atoms with Gasteiger partial charge in [0.25, 0.3) is 0 Å². The lowest BCUT2D eigenvalue weighted by atomic mass is 10.1. The zero-order chi connectivity index (χ0) is 15.5. The van der Waals surface area contributed by atoms with Crippen LogP contribution in [0, 0.1) is 11.3 Å². The largest absolute Gasteiger partial charge is 0.378 e. The van der Waals surface area contributed by atoms with Gasteiger partial charge in [0, 0.05) is 20.1 Å². The summed E-state index contributed by atoms with van der Waals surface area (Å²) in [6.45, 7) is 0.804.